The van der Waals surface area contributed by atoms with E-state index < -0.39 is 0 Å². The van der Waals surface area contributed by atoms with Gasteiger partial charge < -0.3 is 8.82 Å². The normalized spacial score (nSPS) is 11.8. The minimum atomic E-state index is -0.387. The van der Waals surface area contributed by atoms with Crippen LogP contribution in [0.25, 0.3) is 59.8 Å². The maximum Gasteiger partial charge on any atom is 0.344 e. The fourth-order valence-electron chi connectivity index (χ4n) is 5.11. The number of para-hydroxylation sites is 1. The Balaban J connectivity index is 1.91. The summed E-state index contributed by atoms with van der Waals surface area (Å²) in [4.78, 5) is 13.2. The number of hydrogen-bond acceptors (Lipinski definition) is 4. The molecule has 0 unspecified atom stereocenters. The summed E-state index contributed by atoms with van der Waals surface area (Å²) in [6, 6.07) is 25.1. The molecule has 7 aromatic rings. The molecule has 0 bridgehead atoms. The highest BCUT2D eigenvalue weighted by molar-refractivity contribution is 6.33. The molecular weight excluding hydrogens is 398 g/mol. The quantitative estimate of drug-likeness (QED) is 0.233. The number of benzene rings is 4. The van der Waals surface area contributed by atoms with E-state index in [1.165, 1.54) is 0 Å². The molecule has 0 aliphatic rings. The summed E-state index contributed by atoms with van der Waals surface area (Å²) in [5.74, 6) is 0. The molecule has 3 aromatic heterocycles. The molecule has 4 aromatic carbocycles. The van der Waals surface area contributed by atoms with Gasteiger partial charge in [-0.2, -0.15) is 10.5 Å². The topological polar surface area (TPSA) is 82.2 Å². The molecule has 0 saturated heterocycles. The summed E-state index contributed by atoms with van der Waals surface area (Å²) in [5, 5.41) is 24.9. The first-order valence-corrected chi connectivity index (χ1v) is 10.1. The third-order valence-corrected chi connectivity index (χ3v) is 6.40. The summed E-state index contributed by atoms with van der Waals surface area (Å²) in [6.07, 6.45) is 0. The minimum absolute atomic E-state index is 0.387. The average molecular weight is 409 g/mol. The van der Waals surface area contributed by atoms with E-state index in [1.54, 1.807) is 12.1 Å². The Morgan fingerprint density at radius 2 is 1.38 bits per heavy atom. The van der Waals surface area contributed by atoms with Crippen LogP contribution in [-0.2, 0) is 0 Å². The molecule has 0 fully saturated rings. The van der Waals surface area contributed by atoms with Crippen molar-refractivity contribution in [2.45, 2.75) is 0 Å². The van der Waals surface area contributed by atoms with E-state index >= 15 is 0 Å². The number of rotatable bonds is 0. The highest BCUT2D eigenvalue weighted by atomic mass is 16.4. The smallest absolute Gasteiger partial charge is 0.344 e. The van der Waals surface area contributed by atoms with Gasteiger partial charge in [-0.05, 0) is 36.4 Å². The van der Waals surface area contributed by atoms with E-state index in [1.807, 2.05) is 48.5 Å². The van der Waals surface area contributed by atoms with Crippen LogP contribution in [0.15, 0.2) is 75.9 Å². The zero-order valence-electron chi connectivity index (χ0n) is 16.5. The Bertz CT molecular complexity index is 2080. The standard InChI is InChI=1S/C27H11N3O2/c28-12-14-5-7-16-20-11-19-17-3-1-2-4-23(17)32-27(31)25(19)24-18-8-6-15(13-29)10-22(18)30(26(20)24)21(16)9-14/h1-11H. The van der Waals surface area contributed by atoms with Crippen molar-refractivity contribution in [3.8, 4) is 12.1 Å². The van der Waals surface area contributed by atoms with Crippen LogP contribution in [0.1, 0.15) is 11.1 Å². The van der Waals surface area contributed by atoms with Crippen LogP contribution in [0.2, 0.25) is 0 Å². The lowest BCUT2D eigenvalue weighted by atomic mass is 9.98. The molecule has 5 heteroatoms. The van der Waals surface area contributed by atoms with Gasteiger partial charge in [0, 0.05) is 32.3 Å². The van der Waals surface area contributed by atoms with Crippen molar-refractivity contribution in [3.05, 3.63) is 88.3 Å². The highest BCUT2D eigenvalue weighted by Gasteiger charge is 2.23. The Labute approximate surface area is 179 Å². The van der Waals surface area contributed by atoms with Crippen molar-refractivity contribution in [1.29, 1.82) is 10.5 Å². The van der Waals surface area contributed by atoms with Crippen molar-refractivity contribution in [1.82, 2.24) is 4.40 Å². The number of fused-ring (bicyclic) bond motifs is 10. The highest BCUT2D eigenvalue weighted by Crippen LogP contribution is 2.43. The second-order valence-electron chi connectivity index (χ2n) is 7.98. The van der Waals surface area contributed by atoms with E-state index in [0.29, 0.717) is 22.1 Å². The van der Waals surface area contributed by atoms with Crippen LogP contribution < -0.4 is 5.63 Å². The van der Waals surface area contributed by atoms with Crippen LogP contribution in [0.4, 0.5) is 0 Å². The zero-order chi connectivity index (χ0) is 21.6. The van der Waals surface area contributed by atoms with Gasteiger partial charge in [-0.25, -0.2) is 4.79 Å². The van der Waals surface area contributed by atoms with E-state index in [2.05, 4.69) is 22.6 Å². The molecule has 0 saturated carbocycles. The molecule has 3 heterocycles. The lowest BCUT2D eigenvalue weighted by molar-refractivity contribution is 0.570. The largest absolute Gasteiger partial charge is 0.422 e. The van der Waals surface area contributed by atoms with Crippen molar-refractivity contribution in [2.24, 2.45) is 0 Å². The van der Waals surface area contributed by atoms with Gasteiger partial charge in [0.1, 0.15) is 5.58 Å². The van der Waals surface area contributed by atoms with E-state index in [0.717, 1.165) is 48.9 Å². The van der Waals surface area contributed by atoms with Gasteiger partial charge in [0.05, 0.1) is 45.2 Å². The van der Waals surface area contributed by atoms with E-state index in [-0.39, 0.29) is 5.63 Å². The molecule has 0 aliphatic heterocycles. The Morgan fingerprint density at radius 3 is 2.12 bits per heavy atom. The molecule has 5 nitrogen and oxygen atoms in total. The molecule has 0 radical (unpaired) electrons. The monoisotopic (exact) mass is 409 g/mol. The van der Waals surface area contributed by atoms with E-state index in [9.17, 15) is 15.3 Å². The van der Waals surface area contributed by atoms with Crippen molar-refractivity contribution in [3.63, 3.8) is 0 Å². The number of aromatic nitrogens is 1. The number of nitrogens with zero attached hydrogens (tertiary/aromatic N) is 3. The molecule has 0 aliphatic carbocycles. The second kappa shape index (κ2) is 5.63. The van der Waals surface area contributed by atoms with Crippen LogP contribution in [0.3, 0.4) is 0 Å². The number of nitriles is 2. The second-order valence-corrected chi connectivity index (χ2v) is 7.98. The first kappa shape index (κ1) is 16.9. The predicted molar refractivity (Wildman–Crippen MR) is 124 cm³/mol. The molecule has 0 N–H and O–H groups in total. The first-order valence-electron chi connectivity index (χ1n) is 10.1. The minimum Gasteiger partial charge on any atom is -0.422 e. The summed E-state index contributed by atoms with van der Waals surface area (Å²) in [5.41, 5.74) is 3.84. The van der Waals surface area contributed by atoms with Gasteiger partial charge in [-0.3, -0.25) is 0 Å². The van der Waals surface area contributed by atoms with Gasteiger partial charge in [-0.1, -0.05) is 30.3 Å². The molecular formula is C27H11N3O2. The maximum absolute atomic E-state index is 13.2. The zero-order valence-corrected chi connectivity index (χ0v) is 16.5. The molecule has 32 heavy (non-hydrogen) atoms. The SMILES string of the molecule is N#Cc1ccc2c3cc4c5ccccc5oc(=O)c4c4c5ccc(C#N)cc5n(c2c1)c34. The summed E-state index contributed by atoms with van der Waals surface area (Å²) in [7, 11) is 0. The number of hydrogen-bond donors (Lipinski definition) is 0. The molecule has 0 atom stereocenters. The van der Waals surface area contributed by atoms with Crippen molar-refractivity contribution in [2.75, 3.05) is 0 Å². The van der Waals surface area contributed by atoms with Crippen LogP contribution in [-0.4, -0.2) is 4.40 Å². The van der Waals surface area contributed by atoms with Gasteiger partial charge >= 0.3 is 5.63 Å². The Hall–Kier alpha value is -4.87. The van der Waals surface area contributed by atoms with Crippen LogP contribution in [0, 0.1) is 22.7 Å². The van der Waals surface area contributed by atoms with Crippen LogP contribution in [0.5, 0.6) is 0 Å². The molecule has 0 spiro atoms. The van der Waals surface area contributed by atoms with Crippen LogP contribution >= 0.6 is 0 Å². The third kappa shape index (κ3) is 1.88. The summed E-state index contributed by atoms with van der Waals surface area (Å²) < 4.78 is 7.76. The maximum atomic E-state index is 13.2. The predicted octanol–water partition coefficient (Wildman–Crippen LogP) is 5.84. The fourth-order valence-corrected chi connectivity index (χ4v) is 5.11. The van der Waals surface area contributed by atoms with Gasteiger partial charge in [0.2, 0.25) is 0 Å². The Kier molecular flexibility index (Phi) is 2.97. The average Bonchev–Trinajstić information content (AvgIpc) is 3.34. The molecule has 7 rings (SSSR count). The van der Waals surface area contributed by atoms with Gasteiger partial charge in [0.25, 0.3) is 0 Å². The Morgan fingerprint density at radius 1 is 0.688 bits per heavy atom. The third-order valence-electron chi connectivity index (χ3n) is 6.40. The van der Waals surface area contributed by atoms with Crippen molar-refractivity contribution >= 4 is 59.8 Å². The van der Waals surface area contributed by atoms with Gasteiger partial charge in [0.15, 0.2) is 0 Å². The summed E-state index contributed by atoms with van der Waals surface area (Å²) in [6.45, 7) is 0. The lowest BCUT2D eigenvalue weighted by Crippen LogP contribution is -2.00. The first-order chi connectivity index (χ1) is 15.7. The van der Waals surface area contributed by atoms with Crippen molar-refractivity contribution < 1.29 is 4.42 Å². The summed E-state index contributed by atoms with van der Waals surface area (Å²) >= 11 is 0. The lowest BCUT2D eigenvalue weighted by Gasteiger charge is -2.05. The van der Waals surface area contributed by atoms with E-state index in [4.69, 9.17) is 4.42 Å². The fraction of sp³-hybridized carbons (Fsp3) is 0. The molecule has 0 amide bonds. The van der Waals surface area contributed by atoms with Gasteiger partial charge in [-0.15, -0.1) is 0 Å². The molecule has 146 valence electrons.